The first-order valence-electron chi connectivity index (χ1n) is 23.4. The number of nitrogens with one attached hydrogen (secondary N) is 9. The van der Waals surface area contributed by atoms with Crippen LogP contribution in [0.15, 0.2) is 25.0 Å². The number of hydrogen-bond acceptors (Lipinski definition) is 13. The van der Waals surface area contributed by atoms with Crippen molar-refractivity contribution in [2.75, 3.05) is 0 Å². The van der Waals surface area contributed by atoms with Crippen molar-refractivity contribution in [2.24, 2.45) is 40.9 Å². The minimum Gasteiger partial charge on any atom is -0.480 e. The lowest BCUT2D eigenvalue weighted by Gasteiger charge is -2.29. The monoisotopic (exact) mass is 987 g/mol. The van der Waals surface area contributed by atoms with Gasteiger partial charge in [-0.3, -0.25) is 43.2 Å². The maximum Gasteiger partial charge on any atom is 0.326 e. The molecule has 2 aromatic rings. The first-order valence-corrected chi connectivity index (χ1v) is 23.4. The van der Waals surface area contributed by atoms with Crippen molar-refractivity contribution in [2.45, 2.75) is 162 Å². The summed E-state index contributed by atoms with van der Waals surface area (Å²) in [7, 11) is 0. The number of H-pyrrole nitrogens is 2. The highest BCUT2D eigenvalue weighted by Gasteiger charge is 2.36. The first kappa shape index (κ1) is 59.2. The number of imidazole rings is 2. The summed E-state index contributed by atoms with van der Waals surface area (Å²) in [5.74, 6) is -9.49. The minimum atomic E-state index is -1.62. The van der Waals surface area contributed by atoms with E-state index in [1.54, 1.807) is 41.5 Å². The second-order valence-corrected chi connectivity index (χ2v) is 19.1. The zero-order valence-corrected chi connectivity index (χ0v) is 41.3. The van der Waals surface area contributed by atoms with Gasteiger partial charge in [-0.25, -0.2) is 14.8 Å². The topological polar surface area (TPSA) is 411 Å². The van der Waals surface area contributed by atoms with Crippen molar-refractivity contribution in [3.05, 3.63) is 36.4 Å². The van der Waals surface area contributed by atoms with Gasteiger partial charge in [0.2, 0.25) is 53.2 Å². The average Bonchev–Trinajstić information content (AvgIpc) is 3.97. The van der Waals surface area contributed by atoms with Crippen LogP contribution >= 0.6 is 0 Å². The zero-order valence-electron chi connectivity index (χ0n) is 41.3. The van der Waals surface area contributed by atoms with Crippen LogP contribution in [0.25, 0.3) is 0 Å². The summed E-state index contributed by atoms with van der Waals surface area (Å²) in [4.78, 5) is 146. The lowest BCUT2D eigenvalue weighted by atomic mass is 9.98. The van der Waals surface area contributed by atoms with Crippen molar-refractivity contribution in [3.63, 3.8) is 0 Å². The molecular weight excluding hydrogens is 913 g/mol. The number of nitrogens with zero attached hydrogens (tertiary/aromatic N) is 2. The molecule has 390 valence electrons. The summed E-state index contributed by atoms with van der Waals surface area (Å²) in [6.07, 6.45) is 4.41. The molecule has 0 aliphatic rings. The van der Waals surface area contributed by atoms with E-state index in [0.29, 0.717) is 17.8 Å². The number of aromatic nitrogens is 4. The number of carbonyl (C=O) groups is 10. The van der Waals surface area contributed by atoms with E-state index in [4.69, 9.17) is 17.2 Å². The highest BCUT2D eigenvalue weighted by atomic mass is 16.4. The third-order valence-electron chi connectivity index (χ3n) is 10.6. The Morgan fingerprint density at radius 1 is 0.486 bits per heavy atom. The molecule has 25 heteroatoms. The van der Waals surface area contributed by atoms with Gasteiger partial charge in [-0.15, -0.1) is 0 Å². The van der Waals surface area contributed by atoms with Crippen LogP contribution in [0, 0.1) is 23.7 Å². The number of nitrogens with two attached hydrogens (primary N) is 3. The lowest BCUT2D eigenvalue weighted by Crippen LogP contribution is -2.61. The number of amides is 9. The van der Waals surface area contributed by atoms with Gasteiger partial charge in [0.15, 0.2) is 0 Å². The number of aromatic amines is 2. The van der Waals surface area contributed by atoms with E-state index >= 15 is 0 Å². The standard InChI is InChI=1S/C45H74N14O11/c1-22(2)11-28(46)38(62)54-33(15-26-18-49-20-51-26)43(67)59-35(17-37(48)61)44(68)57-31(13-24(5)6)40(64)55-30(12-23(3)4)39(63)56-32(14-25(7)8)41(65)58-34(16-27-19-50-21-52-27)42(66)53-29(45(69)70)9-10-36(47)60/h18-25,28-35H,9-17,46H2,1-8H3,(H2,47,60)(H2,48,61)(H,49,51)(H,50,52)(H,53,66)(H,54,62)(H,55,64)(H,56,63)(H,57,68)(H,58,65)(H,59,67)(H,69,70)/t28-,29-,30-,31-,32-,33-,34-,35-/m0/s1. The highest BCUT2D eigenvalue weighted by Crippen LogP contribution is 2.13. The molecule has 0 aliphatic carbocycles. The quantitative estimate of drug-likeness (QED) is 0.0379. The molecule has 0 aliphatic heterocycles. The van der Waals surface area contributed by atoms with Crippen LogP contribution in [-0.4, -0.2) is 133 Å². The van der Waals surface area contributed by atoms with Crippen LogP contribution in [0.1, 0.15) is 112 Å². The fourth-order valence-corrected chi connectivity index (χ4v) is 7.24. The van der Waals surface area contributed by atoms with Crippen molar-refractivity contribution in [1.82, 2.24) is 57.2 Å². The summed E-state index contributed by atoms with van der Waals surface area (Å²) in [5, 5.41) is 27.7. The SMILES string of the molecule is CC(C)C[C@H](NC(=O)[C@H](CC(C)C)NC(=O)[C@H](CC(C)C)NC(=O)[C@H](CC(N)=O)NC(=O)[C@H](Cc1cnc[nH]1)NC(=O)[C@@H](N)CC(C)C)C(=O)N[C@@H](Cc1cnc[nH]1)C(=O)N[C@@H](CCC(N)=O)C(=O)O. The third-order valence-corrected chi connectivity index (χ3v) is 10.6. The smallest absolute Gasteiger partial charge is 0.326 e. The van der Waals surface area contributed by atoms with E-state index in [0.717, 1.165) is 0 Å². The molecule has 0 saturated carbocycles. The van der Waals surface area contributed by atoms with E-state index < -0.39 is 114 Å². The number of hydrogen-bond donors (Lipinski definition) is 13. The number of primary amides is 2. The number of carbonyl (C=O) groups excluding carboxylic acids is 9. The zero-order chi connectivity index (χ0) is 52.8. The van der Waals surface area contributed by atoms with Gasteiger partial charge >= 0.3 is 5.97 Å². The summed E-state index contributed by atoms with van der Waals surface area (Å²) in [6, 6.07) is -10.7. The van der Waals surface area contributed by atoms with Gasteiger partial charge < -0.3 is 69.5 Å². The summed E-state index contributed by atoms with van der Waals surface area (Å²) in [6.45, 7) is 14.5. The van der Waals surface area contributed by atoms with Gasteiger partial charge in [-0.1, -0.05) is 55.4 Å². The van der Waals surface area contributed by atoms with Crippen LogP contribution < -0.4 is 54.4 Å². The van der Waals surface area contributed by atoms with Crippen LogP contribution in [-0.2, 0) is 60.8 Å². The predicted octanol–water partition coefficient (Wildman–Crippen LogP) is -1.95. The van der Waals surface area contributed by atoms with Crippen molar-refractivity contribution in [1.29, 1.82) is 0 Å². The Bertz CT molecular complexity index is 2060. The molecule has 0 unspecified atom stereocenters. The number of aliphatic carboxylic acids is 1. The molecule has 8 atom stereocenters. The molecule has 0 spiro atoms. The van der Waals surface area contributed by atoms with Gasteiger partial charge in [0.25, 0.3) is 0 Å². The van der Waals surface area contributed by atoms with Crippen molar-refractivity contribution < 1.29 is 53.1 Å². The average molecular weight is 987 g/mol. The Kier molecular flexibility index (Phi) is 24.7. The molecule has 0 fully saturated rings. The Labute approximate surface area is 407 Å². The van der Waals surface area contributed by atoms with Crippen LogP contribution in [0.5, 0.6) is 0 Å². The Hall–Kier alpha value is -6.92. The van der Waals surface area contributed by atoms with Gasteiger partial charge in [0.1, 0.15) is 42.3 Å². The van der Waals surface area contributed by atoms with E-state index in [1.165, 1.54) is 25.0 Å². The first-order chi connectivity index (χ1) is 32.7. The second-order valence-electron chi connectivity index (χ2n) is 19.1. The fourth-order valence-electron chi connectivity index (χ4n) is 7.24. The number of rotatable bonds is 32. The molecule has 25 nitrogen and oxygen atoms in total. The molecule has 2 aromatic heterocycles. The van der Waals surface area contributed by atoms with Gasteiger partial charge in [0, 0.05) is 43.0 Å². The molecule has 2 heterocycles. The normalized spacial score (nSPS) is 14.8. The van der Waals surface area contributed by atoms with E-state index in [9.17, 15) is 53.1 Å². The lowest BCUT2D eigenvalue weighted by molar-refractivity contribution is -0.142. The summed E-state index contributed by atoms with van der Waals surface area (Å²) in [5.41, 5.74) is 17.6. The summed E-state index contributed by atoms with van der Waals surface area (Å²) >= 11 is 0. The molecule has 0 saturated heterocycles. The predicted molar refractivity (Wildman–Crippen MR) is 254 cm³/mol. The molecule has 9 amide bonds. The largest absolute Gasteiger partial charge is 0.480 e. The third kappa shape index (κ3) is 22.0. The molecule has 16 N–H and O–H groups in total. The highest BCUT2D eigenvalue weighted by molar-refractivity contribution is 5.98. The fraction of sp³-hybridized carbons (Fsp3) is 0.644. The Balaban J connectivity index is 2.38. The van der Waals surface area contributed by atoms with E-state index in [1.807, 2.05) is 13.8 Å². The second kappa shape index (κ2) is 29.2. The van der Waals surface area contributed by atoms with E-state index in [-0.39, 0.29) is 68.6 Å². The summed E-state index contributed by atoms with van der Waals surface area (Å²) < 4.78 is 0. The van der Waals surface area contributed by atoms with Gasteiger partial charge in [-0.05, 0) is 55.8 Å². The molecule has 70 heavy (non-hydrogen) atoms. The van der Waals surface area contributed by atoms with Crippen LogP contribution in [0.4, 0.5) is 0 Å². The molecular formula is C45H74N14O11. The molecule has 0 bridgehead atoms. The Morgan fingerprint density at radius 2 is 0.814 bits per heavy atom. The van der Waals surface area contributed by atoms with Gasteiger partial charge in [-0.2, -0.15) is 0 Å². The maximum atomic E-state index is 14.2. The van der Waals surface area contributed by atoms with E-state index in [2.05, 4.69) is 57.2 Å². The number of carboxylic acids is 1. The van der Waals surface area contributed by atoms with Crippen molar-refractivity contribution in [3.8, 4) is 0 Å². The van der Waals surface area contributed by atoms with Crippen LogP contribution in [0.2, 0.25) is 0 Å². The maximum absolute atomic E-state index is 14.2. The van der Waals surface area contributed by atoms with Crippen LogP contribution in [0.3, 0.4) is 0 Å². The van der Waals surface area contributed by atoms with Gasteiger partial charge in [0.05, 0.1) is 25.1 Å². The molecule has 0 radical (unpaired) electrons. The minimum absolute atomic E-state index is 0.0283. The molecule has 0 aromatic carbocycles. The number of carboxylic acid groups (broad SMARTS) is 1. The Morgan fingerprint density at radius 3 is 1.14 bits per heavy atom. The van der Waals surface area contributed by atoms with Crippen molar-refractivity contribution >= 4 is 59.1 Å². The molecule has 2 rings (SSSR count).